The predicted octanol–water partition coefficient (Wildman–Crippen LogP) is 1.22. The van der Waals surface area contributed by atoms with Gasteiger partial charge in [-0.25, -0.2) is 13.2 Å². The SMILES string of the molecule is CCOC(=O)c1cc(S(=O)(=O)N(C)CC(=O)N2CCCCC2C)cn1C. The molecule has 8 nitrogen and oxygen atoms in total. The van der Waals surface area contributed by atoms with Crippen molar-refractivity contribution < 1.29 is 22.7 Å². The molecule has 1 saturated heterocycles. The molecule has 9 heteroatoms. The third-order valence-electron chi connectivity index (χ3n) is 4.65. The number of piperidine rings is 1. The summed E-state index contributed by atoms with van der Waals surface area (Å²) in [4.78, 5) is 26.1. The van der Waals surface area contributed by atoms with Crippen LogP contribution in [-0.4, -0.2) is 66.9 Å². The fraction of sp³-hybridized carbons (Fsp3) is 0.647. The van der Waals surface area contributed by atoms with Crippen LogP contribution in [0.3, 0.4) is 0 Å². The summed E-state index contributed by atoms with van der Waals surface area (Å²) in [6.07, 6.45) is 4.31. The lowest BCUT2D eigenvalue weighted by atomic mass is 10.0. The first-order chi connectivity index (χ1) is 12.2. The molecule has 0 bridgehead atoms. The molecule has 146 valence electrons. The molecule has 1 amide bonds. The Labute approximate surface area is 154 Å². The molecule has 1 aliphatic rings. The lowest BCUT2D eigenvalue weighted by Crippen LogP contribution is -2.47. The Morgan fingerprint density at radius 3 is 2.65 bits per heavy atom. The third-order valence-corrected chi connectivity index (χ3v) is 6.42. The summed E-state index contributed by atoms with van der Waals surface area (Å²) >= 11 is 0. The largest absolute Gasteiger partial charge is 0.461 e. The fourth-order valence-corrected chi connectivity index (χ4v) is 4.29. The van der Waals surface area contributed by atoms with E-state index < -0.39 is 16.0 Å². The smallest absolute Gasteiger partial charge is 0.354 e. The molecule has 1 aromatic rings. The highest BCUT2D eigenvalue weighted by atomic mass is 32.2. The molecule has 1 atom stereocenters. The van der Waals surface area contributed by atoms with Crippen LogP contribution in [0.4, 0.5) is 0 Å². The van der Waals surface area contributed by atoms with Gasteiger partial charge >= 0.3 is 5.97 Å². The molecule has 1 unspecified atom stereocenters. The van der Waals surface area contributed by atoms with Crippen molar-refractivity contribution in [1.82, 2.24) is 13.8 Å². The second-order valence-electron chi connectivity index (χ2n) is 6.59. The zero-order valence-electron chi connectivity index (χ0n) is 15.8. The van der Waals surface area contributed by atoms with Crippen molar-refractivity contribution in [2.75, 3.05) is 26.7 Å². The van der Waals surface area contributed by atoms with Gasteiger partial charge in [0.15, 0.2) is 0 Å². The standard InChI is InChI=1S/C17H27N3O5S/c1-5-25-17(22)15-10-14(11-18(15)3)26(23,24)19(4)12-16(21)20-9-7-6-8-13(20)2/h10-11,13H,5-9,12H2,1-4H3. The van der Waals surface area contributed by atoms with Gasteiger partial charge in [0.2, 0.25) is 15.9 Å². The fourth-order valence-electron chi connectivity index (χ4n) is 3.10. The van der Waals surface area contributed by atoms with Crippen LogP contribution in [0.5, 0.6) is 0 Å². The molecule has 2 heterocycles. The third kappa shape index (κ3) is 4.27. The van der Waals surface area contributed by atoms with E-state index in [1.165, 1.54) is 23.9 Å². The summed E-state index contributed by atoms with van der Waals surface area (Å²) in [6.45, 7) is 4.30. The van der Waals surface area contributed by atoms with Crippen molar-refractivity contribution in [2.24, 2.45) is 7.05 Å². The number of carbonyl (C=O) groups is 2. The number of nitrogens with zero attached hydrogens (tertiary/aromatic N) is 3. The Balaban J connectivity index is 2.15. The molecule has 0 spiro atoms. The summed E-state index contributed by atoms with van der Waals surface area (Å²) in [7, 11) is -0.934. The Bertz CT molecular complexity index is 771. The number of aryl methyl sites for hydroxylation is 1. The molecule has 1 fully saturated rings. The zero-order valence-corrected chi connectivity index (χ0v) is 16.6. The molecule has 26 heavy (non-hydrogen) atoms. The van der Waals surface area contributed by atoms with Crippen LogP contribution in [0.2, 0.25) is 0 Å². The van der Waals surface area contributed by atoms with Crippen LogP contribution in [0.25, 0.3) is 0 Å². The normalized spacial score (nSPS) is 18.2. The summed E-state index contributed by atoms with van der Waals surface area (Å²) in [5, 5.41) is 0. The molecule has 0 radical (unpaired) electrons. The quantitative estimate of drug-likeness (QED) is 0.687. The van der Waals surface area contributed by atoms with Crippen molar-refractivity contribution in [3.8, 4) is 0 Å². The van der Waals surface area contributed by atoms with Gasteiger partial charge in [-0.05, 0) is 39.2 Å². The van der Waals surface area contributed by atoms with E-state index in [0.29, 0.717) is 6.54 Å². The number of hydrogen-bond acceptors (Lipinski definition) is 5. The number of carbonyl (C=O) groups excluding carboxylic acids is 2. The van der Waals surface area contributed by atoms with E-state index in [-0.39, 0.29) is 35.7 Å². The minimum Gasteiger partial charge on any atom is -0.461 e. The number of sulfonamides is 1. The number of hydrogen-bond donors (Lipinski definition) is 0. The van der Waals surface area contributed by atoms with Gasteiger partial charge in [0.1, 0.15) is 10.6 Å². The van der Waals surface area contributed by atoms with Gasteiger partial charge in [-0.1, -0.05) is 0 Å². The average molecular weight is 385 g/mol. The Hall–Kier alpha value is -1.87. The Morgan fingerprint density at radius 2 is 2.04 bits per heavy atom. The van der Waals surface area contributed by atoms with E-state index in [4.69, 9.17) is 4.74 Å². The van der Waals surface area contributed by atoms with Crippen LogP contribution in [0.15, 0.2) is 17.2 Å². The zero-order chi connectivity index (χ0) is 19.5. The van der Waals surface area contributed by atoms with Crippen molar-refractivity contribution in [2.45, 2.75) is 44.0 Å². The minimum atomic E-state index is -3.88. The molecular weight excluding hydrogens is 358 g/mol. The van der Waals surface area contributed by atoms with Crippen LogP contribution < -0.4 is 0 Å². The summed E-state index contributed by atoms with van der Waals surface area (Å²) in [5.41, 5.74) is 0.148. The second-order valence-corrected chi connectivity index (χ2v) is 8.63. The number of likely N-dealkylation sites (N-methyl/N-ethyl adjacent to an activating group) is 1. The van der Waals surface area contributed by atoms with E-state index in [1.807, 2.05) is 6.92 Å². The van der Waals surface area contributed by atoms with Crippen LogP contribution in [0, 0.1) is 0 Å². The van der Waals surface area contributed by atoms with E-state index in [9.17, 15) is 18.0 Å². The maximum Gasteiger partial charge on any atom is 0.354 e. The number of ether oxygens (including phenoxy) is 1. The topological polar surface area (TPSA) is 88.9 Å². The molecule has 0 aliphatic carbocycles. The lowest BCUT2D eigenvalue weighted by molar-refractivity contribution is -0.134. The molecule has 0 aromatic carbocycles. The van der Waals surface area contributed by atoms with Gasteiger partial charge < -0.3 is 14.2 Å². The van der Waals surface area contributed by atoms with Crippen LogP contribution >= 0.6 is 0 Å². The molecule has 1 aliphatic heterocycles. The number of esters is 1. The molecular formula is C17H27N3O5S. The summed E-state index contributed by atoms with van der Waals surface area (Å²) < 4.78 is 32.9. The number of amides is 1. The Morgan fingerprint density at radius 1 is 1.35 bits per heavy atom. The minimum absolute atomic E-state index is 0.0370. The van der Waals surface area contributed by atoms with Crippen molar-refractivity contribution in [3.05, 3.63) is 18.0 Å². The monoisotopic (exact) mass is 385 g/mol. The van der Waals surface area contributed by atoms with E-state index in [2.05, 4.69) is 0 Å². The van der Waals surface area contributed by atoms with Crippen molar-refractivity contribution in [3.63, 3.8) is 0 Å². The first-order valence-electron chi connectivity index (χ1n) is 8.77. The van der Waals surface area contributed by atoms with E-state index >= 15 is 0 Å². The van der Waals surface area contributed by atoms with Gasteiger partial charge in [0.05, 0.1) is 13.2 Å². The van der Waals surface area contributed by atoms with Crippen molar-refractivity contribution >= 4 is 21.9 Å². The highest BCUT2D eigenvalue weighted by Gasteiger charge is 2.30. The highest BCUT2D eigenvalue weighted by molar-refractivity contribution is 7.89. The van der Waals surface area contributed by atoms with Gasteiger partial charge in [-0.2, -0.15) is 4.31 Å². The highest BCUT2D eigenvalue weighted by Crippen LogP contribution is 2.20. The summed E-state index contributed by atoms with van der Waals surface area (Å²) in [5.74, 6) is -0.790. The van der Waals surface area contributed by atoms with Gasteiger partial charge in [-0.15, -0.1) is 0 Å². The number of rotatable bonds is 6. The van der Waals surface area contributed by atoms with Gasteiger partial charge in [-0.3, -0.25) is 4.79 Å². The van der Waals surface area contributed by atoms with Crippen molar-refractivity contribution in [1.29, 1.82) is 0 Å². The number of aromatic nitrogens is 1. The molecule has 1 aromatic heterocycles. The molecule has 2 rings (SSSR count). The van der Waals surface area contributed by atoms with Gasteiger partial charge in [0.25, 0.3) is 0 Å². The summed E-state index contributed by atoms with van der Waals surface area (Å²) in [6, 6.07) is 1.40. The maximum absolute atomic E-state index is 12.8. The first-order valence-corrected chi connectivity index (χ1v) is 10.2. The first kappa shape index (κ1) is 20.4. The van der Waals surface area contributed by atoms with E-state index in [0.717, 1.165) is 23.6 Å². The molecule has 0 saturated carbocycles. The predicted molar refractivity (Wildman–Crippen MR) is 96.2 cm³/mol. The van der Waals surface area contributed by atoms with E-state index in [1.54, 1.807) is 18.9 Å². The maximum atomic E-state index is 12.8. The van der Waals surface area contributed by atoms with Gasteiger partial charge in [0, 0.05) is 32.9 Å². The molecule has 0 N–H and O–H groups in total. The lowest BCUT2D eigenvalue weighted by Gasteiger charge is -2.34. The second kappa shape index (κ2) is 8.22. The van der Waals surface area contributed by atoms with Crippen LogP contribution in [-0.2, 0) is 26.6 Å². The average Bonchev–Trinajstić information content (AvgIpc) is 2.98. The number of likely N-dealkylation sites (tertiary alicyclic amines) is 1. The Kier molecular flexibility index (Phi) is 6.46. The van der Waals surface area contributed by atoms with Crippen LogP contribution in [0.1, 0.15) is 43.6 Å².